The number of alkyl halides is 3. The molecule has 1 saturated carbocycles. The molecule has 8 heteroatoms. The van der Waals surface area contributed by atoms with E-state index in [4.69, 9.17) is 13.0 Å². The van der Waals surface area contributed by atoms with Crippen molar-refractivity contribution in [2.45, 2.75) is 63.3 Å². The maximum atomic E-state index is 11.6. The molecule has 128 valence electrons. The van der Waals surface area contributed by atoms with Crippen LogP contribution in [0.5, 0.6) is 0 Å². The van der Waals surface area contributed by atoms with E-state index in [2.05, 4.69) is 6.08 Å². The Bertz CT molecular complexity index is 503. The molecule has 0 aromatic carbocycles. The fraction of sp³-hybridized carbons (Fsp3) is 0.786. The summed E-state index contributed by atoms with van der Waals surface area (Å²) in [6.07, 6.45) is 13.2. The molecule has 0 unspecified atom stereocenters. The van der Waals surface area contributed by atoms with Crippen molar-refractivity contribution in [2.24, 2.45) is 5.92 Å². The lowest BCUT2D eigenvalue weighted by Crippen LogP contribution is -2.21. The van der Waals surface area contributed by atoms with E-state index < -0.39 is 15.6 Å². The van der Waals surface area contributed by atoms with Gasteiger partial charge in [0.1, 0.15) is 0 Å². The molecule has 2 aliphatic carbocycles. The van der Waals surface area contributed by atoms with Gasteiger partial charge in [0.2, 0.25) is 0 Å². The molecule has 0 bridgehead atoms. The van der Waals surface area contributed by atoms with Gasteiger partial charge in [0.05, 0.1) is 0 Å². The lowest BCUT2D eigenvalue weighted by Gasteiger charge is -2.23. The van der Waals surface area contributed by atoms with Crippen LogP contribution in [0.3, 0.4) is 0 Å². The molecule has 0 aromatic rings. The predicted molar refractivity (Wildman–Crippen MR) is 75.7 cm³/mol. The number of rotatable bonds is 2. The van der Waals surface area contributed by atoms with E-state index in [0.29, 0.717) is 5.78 Å². The molecule has 2 rings (SSSR count). The van der Waals surface area contributed by atoms with E-state index >= 15 is 0 Å². The molecule has 0 amide bonds. The molecule has 0 spiro atoms. The molecule has 0 saturated heterocycles. The number of allylic oxidation sites excluding steroid dienone is 2. The summed E-state index contributed by atoms with van der Waals surface area (Å²) in [4.78, 5) is 11.6. The van der Waals surface area contributed by atoms with Crippen LogP contribution in [0.15, 0.2) is 11.6 Å². The Morgan fingerprint density at radius 1 is 1.14 bits per heavy atom. The Morgan fingerprint density at radius 2 is 1.68 bits per heavy atom. The van der Waals surface area contributed by atoms with Gasteiger partial charge >= 0.3 is 15.6 Å². The summed E-state index contributed by atoms with van der Waals surface area (Å²) in [5.74, 6) is 1.25. The van der Waals surface area contributed by atoms with Crippen LogP contribution in [0, 0.1) is 5.92 Å². The number of carbonyl (C=O) groups is 1. The highest BCUT2D eigenvalue weighted by Crippen LogP contribution is 2.31. The van der Waals surface area contributed by atoms with Gasteiger partial charge < -0.3 is 0 Å². The van der Waals surface area contributed by atoms with Crippen LogP contribution in [-0.2, 0) is 14.9 Å². The molecule has 1 N–H and O–H groups in total. The minimum absolute atomic E-state index is 0.432. The van der Waals surface area contributed by atoms with Gasteiger partial charge in [0, 0.05) is 6.42 Å². The van der Waals surface area contributed by atoms with Gasteiger partial charge in [-0.25, -0.2) is 0 Å². The Kier molecular flexibility index (Phi) is 7.05. The third kappa shape index (κ3) is 6.48. The van der Waals surface area contributed by atoms with Gasteiger partial charge in [0.25, 0.3) is 0 Å². The second-order valence-electron chi connectivity index (χ2n) is 5.67. The van der Waals surface area contributed by atoms with Crippen LogP contribution < -0.4 is 0 Å². The fourth-order valence-electron chi connectivity index (χ4n) is 2.71. The number of hydrogen-bond donors (Lipinski definition) is 1. The van der Waals surface area contributed by atoms with Crippen molar-refractivity contribution in [1.29, 1.82) is 0 Å². The highest BCUT2D eigenvalue weighted by Gasteiger charge is 2.44. The molecular weight excluding hydrogens is 321 g/mol. The van der Waals surface area contributed by atoms with Crippen LogP contribution in [0.4, 0.5) is 13.2 Å². The monoisotopic (exact) mass is 342 g/mol. The molecule has 2 aliphatic rings. The average molecular weight is 342 g/mol. The summed E-state index contributed by atoms with van der Waals surface area (Å²) in [7, 11) is -5.84. The van der Waals surface area contributed by atoms with Crippen LogP contribution in [0.1, 0.15) is 57.8 Å². The maximum absolute atomic E-state index is 11.6. The Labute approximate surface area is 128 Å². The van der Waals surface area contributed by atoms with E-state index in [0.717, 1.165) is 37.2 Å². The number of hydrogen-bond acceptors (Lipinski definition) is 3. The molecule has 0 aromatic heterocycles. The third-order valence-electron chi connectivity index (χ3n) is 3.88. The molecule has 22 heavy (non-hydrogen) atoms. The molecule has 0 atom stereocenters. The molecular formula is C14H21F3O4S. The van der Waals surface area contributed by atoms with Crippen molar-refractivity contribution in [3.05, 3.63) is 11.6 Å². The first-order valence-electron chi connectivity index (χ1n) is 7.37. The van der Waals surface area contributed by atoms with Gasteiger partial charge in [-0.15, -0.1) is 0 Å². The minimum Gasteiger partial charge on any atom is -0.295 e. The number of halogens is 3. The average Bonchev–Trinajstić information content (AvgIpc) is 2.41. The molecule has 0 heterocycles. The van der Waals surface area contributed by atoms with Gasteiger partial charge in [0.15, 0.2) is 5.78 Å². The maximum Gasteiger partial charge on any atom is 0.522 e. The normalized spacial score (nSPS) is 20.9. The quantitative estimate of drug-likeness (QED) is 0.607. The zero-order chi connectivity index (χ0) is 16.8. The summed E-state index contributed by atoms with van der Waals surface area (Å²) in [6, 6.07) is 0. The number of Topliss-reactive ketones (excluding diaryl/α,β-unsaturated/α-hetero) is 1. The standard InChI is InChI=1S/C13H20O.CHF3O3S/c14-13-9-5-4-8-12(13)10-11-6-2-1-3-7-11;2-1(3,4)8(5,6)7/h8,11H,1-7,9-10H2;(H,5,6,7). The largest absolute Gasteiger partial charge is 0.522 e. The summed E-state index contributed by atoms with van der Waals surface area (Å²) >= 11 is 0. The topological polar surface area (TPSA) is 71.4 Å². The summed E-state index contributed by atoms with van der Waals surface area (Å²) in [6.45, 7) is 0. The Hall–Kier alpha value is -0.890. The van der Waals surface area contributed by atoms with Crippen molar-refractivity contribution in [2.75, 3.05) is 0 Å². The van der Waals surface area contributed by atoms with E-state index in [1.807, 2.05) is 0 Å². The van der Waals surface area contributed by atoms with Gasteiger partial charge in [-0.3, -0.25) is 9.35 Å². The fourth-order valence-corrected chi connectivity index (χ4v) is 2.71. The smallest absolute Gasteiger partial charge is 0.295 e. The van der Waals surface area contributed by atoms with Crippen LogP contribution in [-0.4, -0.2) is 24.3 Å². The molecule has 1 fully saturated rings. The van der Waals surface area contributed by atoms with E-state index in [1.165, 1.54) is 32.1 Å². The van der Waals surface area contributed by atoms with E-state index in [1.54, 1.807) is 0 Å². The first-order chi connectivity index (χ1) is 10.1. The lowest BCUT2D eigenvalue weighted by molar-refractivity contribution is -0.116. The highest BCUT2D eigenvalue weighted by atomic mass is 32.2. The molecule has 4 nitrogen and oxygen atoms in total. The SMILES string of the molecule is O=C1CCCC=C1CC1CCCCC1.O=S(=O)(O)C(F)(F)F. The Balaban J connectivity index is 0.000000261. The predicted octanol–water partition coefficient (Wildman–Crippen LogP) is 4.03. The van der Waals surface area contributed by atoms with E-state index in [9.17, 15) is 18.0 Å². The zero-order valence-corrected chi connectivity index (χ0v) is 13.0. The van der Waals surface area contributed by atoms with Crippen LogP contribution in [0.2, 0.25) is 0 Å². The highest BCUT2D eigenvalue weighted by molar-refractivity contribution is 7.86. The van der Waals surface area contributed by atoms with E-state index in [-0.39, 0.29) is 0 Å². The zero-order valence-electron chi connectivity index (χ0n) is 12.2. The second kappa shape index (κ2) is 8.10. The van der Waals surface area contributed by atoms with Gasteiger partial charge in [-0.1, -0.05) is 38.2 Å². The van der Waals surface area contributed by atoms with Crippen molar-refractivity contribution >= 4 is 15.9 Å². The van der Waals surface area contributed by atoms with Crippen LogP contribution >= 0.6 is 0 Å². The lowest BCUT2D eigenvalue weighted by atomic mass is 9.82. The summed E-state index contributed by atoms with van der Waals surface area (Å²) in [5, 5.41) is 0. The van der Waals surface area contributed by atoms with Crippen molar-refractivity contribution in [3.8, 4) is 0 Å². The summed E-state index contributed by atoms with van der Waals surface area (Å²) in [5.41, 5.74) is -4.38. The van der Waals surface area contributed by atoms with Gasteiger partial charge in [-0.05, 0) is 30.8 Å². The molecule has 0 aliphatic heterocycles. The first kappa shape index (κ1) is 19.2. The number of ketones is 1. The Morgan fingerprint density at radius 3 is 2.14 bits per heavy atom. The molecule has 0 radical (unpaired) electrons. The third-order valence-corrected chi connectivity index (χ3v) is 4.47. The van der Waals surface area contributed by atoms with Crippen molar-refractivity contribution in [1.82, 2.24) is 0 Å². The van der Waals surface area contributed by atoms with Gasteiger partial charge in [-0.2, -0.15) is 21.6 Å². The number of carbonyl (C=O) groups excluding carboxylic acids is 1. The van der Waals surface area contributed by atoms with Crippen LogP contribution in [0.25, 0.3) is 0 Å². The first-order valence-corrected chi connectivity index (χ1v) is 8.81. The minimum atomic E-state index is -5.84. The second-order valence-corrected chi connectivity index (χ2v) is 7.09. The van der Waals surface area contributed by atoms with Crippen molar-refractivity contribution < 1.29 is 30.9 Å². The van der Waals surface area contributed by atoms with Crippen molar-refractivity contribution in [3.63, 3.8) is 0 Å². The summed E-state index contributed by atoms with van der Waals surface area (Å²) < 4.78 is 57.5.